The predicted octanol–water partition coefficient (Wildman–Crippen LogP) is 3.40. The molecule has 1 fully saturated rings. The molecule has 0 N–H and O–H groups in total. The summed E-state index contributed by atoms with van der Waals surface area (Å²) in [4.78, 5) is 17.1. The highest BCUT2D eigenvalue weighted by molar-refractivity contribution is 5.94. The number of aromatic nitrogens is 1. The zero-order chi connectivity index (χ0) is 14.8. The van der Waals surface area contributed by atoms with Gasteiger partial charge in [-0.25, -0.2) is 9.37 Å². The van der Waals surface area contributed by atoms with Gasteiger partial charge >= 0.3 is 0 Å². The van der Waals surface area contributed by atoms with Crippen LogP contribution in [0.5, 0.6) is 0 Å². The van der Waals surface area contributed by atoms with Gasteiger partial charge in [-0.3, -0.25) is 4.79 Å². The Kier molecular flexibility index (Phi) is 4.35. The smallest absolute Gasteiger partial charge is 0.257 e. The Morgan fingerprint density at radius 3 is 2.45 bits per heavy atom. The van der Waals surface area contributed by atoms with Crippen molar-refractivity contribution >= 4 is 5.91 Å². The van der Waals surface area contributed by atoms with Gasteiger partial charge in [0, 0.05) is 19.3 Å². The van der Waals surface area contributed by atoms with Crippen LogP contribution in [-0.2, 0) is 0 Å². The van der Waals surface area contributed by atoms with E-state index >= 15 is 0 Å². The van der Waals surface area contributed by atoms with Crippen LogP contribution in [-0.4, -0.2) is 28.9 Å². The number of pyridine rings is 1. The van der Waals surface area contributed by atoms with Crippen molar-refractivity contribution in [2.45, 2.75) is 39.5 Å². The Morgan fingerprint density at radius 1 is 1.30 bits per heavy atom. The molecule has 1 aliphatic heterocycles. The maximum Gasteiger partial charge on any atom is 0.257 e. The summed E-state index contributed by atoms with van der Waals surface area (Å²) in [6.07, 6.45) is 5.13. The summed E-state index contributed by atoms with van der Waals surface area (Å²) in [5, 5.41) is 0. The third-order valence-electron chi connectivity index (χ3n) is 4.69. The second-order valence-electron chi connectivity index (χ2n) is 5.46. The minimum Gasteiger partial charge on any atom is -0.339 e. The number of amides is 1. The first-order chi connectivity index (χ1) is 9.53. The van der Waals surface area contributed by atoms with E-state index < -0.39 is 17.7 Å². The Bertz CT molecular complexity index is 491. The van der Waals surface area contributed by atoms with Gasteiger partial charge in [0.2, 0.25) is 5.95 Å². The third kappa shape index (κ3) is 2.67. The Labute approximate surface area is 118 Å². The largest absolute Gasteiger partial charge is 0.339 e. The lowest BCUT2D eigenvalue weighted by Crippen LogP contribution is -2.43. The summed E-state index contributed by atoms with van der Waals surface area (Å²) in [6.45, 7) is 5.53. The zero-order valence-electron chi connectivity index (χ0n) is 12.0. The van der Waals surface area contributed by atoms with E-state index in [2.05, 4.69) is 18.8 Å². The van der Waals surface area contributed by atoms with Crippen LogP contribution >= 0.6 is 0 Å². The van der Waals surface area contributed by atoms with Crippen LogP contribution in [0.4, 0.5) is 8.78 Å². The first-order valence-electron chi connectivity index (χ1n) is 7.12. The van der Waals surface area contributed by atoms with Crippen molar-refractivity contribution in [3.63, 3.8) is 0 Å². The molecule has 2 rings (SSSR count). The molecule has 3 nitrogen and oxygen atoms in total. The van der Waals surface area contributed by atoms with Gasteiger partial charge in [0.05, 0.1) is 5.56 Å². The lowest BCUT2D eigenvalue weighted by molar-refractivity contribution is 0.0552. The molecule has 0 radical (unpaired) electrons. The third-order valence-corrected chi connectivity index (χ3v) is 4.69. The summed E-state index contributed by atoms with van der Waals surface area (Å²) in [6, 6.07) is 1.24. The molecule has 1 saturated heterocycles. The van der Waals surface area contributed by atoms with Crippen LogP contribution in [0.25, 0.3) is 0 Å². The SMILES string of the molecule is CCC1(CC)CCN(C(=O)c2ccnc(F)c2F)CC1. The number of nitrogens with zero attached hydrogens (tertiary/aromatic N) is 2. The normalized spacial score (nSPS) is 18.1. The standard InChI is InChI=1S/C15H20F2N2O/c1-3-15(4-2)6-9-19(10-7-15)14(20)11-5-8-18-13(17)12(11)16/h5,8H,3-4,6-7,9-10H2,1-2H3. The molecular formula is C15H20F2N2O. The van der Waals surface area contributed by atoms with E-state index in [9.17, 15) is 13.6 Å². The van der Waals surface area contributed by atoms with E-state index in [1.807, 2.05) is 0 Å². The van der Waals surface area contributed by atoms with Gasteiger partial charge in [-0.15, -0.1) is 0 Å². The second-order valence-corrected chi connectivity index (χ2v) is 5.46. The average Bonchev–Trinajstić information content (AvgIpc) is 2.49. The Balaban J connectivity index is 2.11. The molecule has 5 heteroatoms. The molecule has 0 spiro atoms. The molecule has 0 aliphatic carbocycles. The van der Waals surface area contributed by atoms with Crippen LogP contribution in [0.1, 0.15) is 49.9 Å². The fourth-order valence-corrected chi connectivity index (χ4v) is 2.89. The summed E-state index contributed by atoms with van der Waals surface area (Å²) >= 11 is 0. The van der Waals surface area contributed by atoms with Crippen LogP contribution in [0.15, 0.2) is 12.3 Å². The Morgan fingerprint density at radius 2 is 1.90 bits per heavy atom. The molecule has 110 valence electrons. The Hall–Kier alpha value is -1.52. The van der Waals surface area contributed by atoms with E-state index in [1.165, 1.54) is 6.07 Å². The first kappa shape index (κ1) is 14.9. The van der Waals surface area contributed by atoms with Crippen LogP contribution in [0.3, 0.4) is 0 Å². The minimum atomic E-state index is -1.22. The predicted molar refractivity (Wildman–Crippen MR) is 72.3 cm³/mol. The summed E-state index contributed by atoms with van der Waals surface area (Å²) < 4.78 is 26.7. The maximum atomic E-state index is 13.6. The molecular weight excluding hydrogens is 262 g/mol. The van der Waals surface area contributed by atoms with E-state index in [-0.39, 0.29) is 5.56 Å². The van der Waals surface area contributed by atoms with Gasteiger partial charge in [0.15, 0.2) is 5.82 Å². The molecule has 1 aromatic rings. The lowest BCUT2D eigenvalue weighted by Gasteiger charge is -2.41. The molecule has 1 aliphatic rings. The van der Waals surface area contributed by atoms with Crippen LogP contribution in [0.2, 0.25) is 0 Å². The first-order valence-corrected chi connectivity index (χ1v) is 7.12. The number of piperidine rings is 1. The van der Waals surface area contributed by atoms with E-state index in [0.717, 1.165) is 31.9 Å². The van der Waals surface area contributed by atoms with Gasteiger partial charge in [-0.2, -0.15) is 4.39 Å². The molecule has 0 unspecified atom stereocenters. The molecule has 20 heavy (non-hydrogen) atoms. The highest BCUT2D eigenvalue weighted by Crippen LogP contribution is 2.38. The van der Waals surface area contributed by atoms with Crippen molar-refractivity contribution in [3.8, 4) is 0 Å². The van der Waals surface area contributed by atoms with Crippen molar-refractivity contribution in [1.82, 2.24) is 9.88 Å². The topological polar surface area (TPSA) is 33.2 Å². The summed E-state index contributed by atoms with van der Waals surface area (Å²) in [7, 11) is 0. The van der Waals surface area contributed by atoms with Crippen LogP contribution in [0, 0.1) is 17.2 Å². The number of hydrogen-bond acceptors (Lipinski definition) is 2. The van der Waals surface area contributed by atoms with Gasteiger partial charge < -0.3 is 4.90 Å². The fourth-order valence-electron chi connectivity index (χ4n) is 2.89. The molecule has 2 heterocycles. The number of hydrogen-bond donors (Lipinski definition) is 0. The van der Waals surface area contributed by atoms with E-state index in [0.29, 0.717) is 18.5 Å². The van der Waals surface area contributed by atoms with Crippen molar-refractivity contribution < 1.29 is 13.6 Å². The minimum absolute atomic E-state index is 0.224. The van der Waals surface area contributed by atoms with Gasteiger partial charge in [-0.1, -0.05) is 26.7 Å². The van der Waals surface area contributed by atoms with Crippen molar-refractivity contribution in [1.29, 1.82) is 0 Å². The van der Waals surface area contributed by atoms with Crippen molar-refractivity contribution in [3.05, 3.63) is 29.6 Å². The summed E-state index contributed by atoms with van der Waals surface area (Å²) in [5.74, 6) is -2.81. The quantitative estimate of drug-likeness (QED) is 0.796. The highest BCUT2D eigenvalue weighted by atomic mass is 19.2. The second kappa shape index (κ2) is 5.85. The van der Waals surface area contributed by atoms with E-state index in [4.69, 9.17) is 0 Å². The number of carbonyl (C=O) groups excluding carboxylic acids is 1. The summed E-state index contributed by atoms with van der Waals surface area (Å²) in [5.41, 5.74) is 0.0664. The monoisotopic (exact) mass is 282 g/mol. The number of carbonyl (C=O) groups is 1. The molecule has 0 atom stereocenters. The van der Waals surface area contributed by atoms with Crippen LogP contribution < -0.4 is 0 Å². The molecule has 0 bridgehead atoms. The highest BCUT2D eigenvalue weighted by Gasteiger charge is 2.33. The molecule has 1 amide bonds. The number of rotatable bonds is 3. The zero-order valence-corrected chi connectivity index (χ0v) is 12.0. The average molecular weight is 282 g/mol. The van der Waals surface area contributed by atoms with Gasteiger partial charge in [0.1, 0.15) is 0 Å². The van der Waals surface area contributed by atoms with Crippen molar-refractivity contribution in [2.24, 2.45) is 5.41 Å². The van der Waals surface area contributed by atoms with Crippen molar-refractivity contribution in [2.75, 3.05) is 13.1 Å². The fraction of sp³-hybridized carbons (Fsp3) is 0.600. The van der Waals surface area contributed by atoms with Gasteiger partial charge in [0.25, 0.3) is 5.91 Å². The molecule has 1 aromatic heterocycles. The number of likely N-dealkylation sites (tertiary alicyclic amines) is 1. The maximum absolute atomic E-state index is 13.6. The lowest BCUT2D eigenvalue weighted by atomic mass is 9.74. The van der Waals surface area contributed by atoms with Gasteiger partial charge in [-0.05, 0) is 24.3 Å². The molecule has 0 saturated carbocycles. The molecule has 0 aromatic carbocycles. The van der Waals surface area contributed by atoms with E-state index in [1.54, 1.807) is 4.90 Å². The number of halogens is 2.